The van der Waals surface area contributed by atoms with Gasteiger partial charge < -0.3 is 5.32 Å². The Morgan fingerprint density at radius 2 is 1.71 bits per heavy atom. The molecule has 0 fully saturated rings. The second kappa shape index (κ2) is 5.15. The molecule has 1 nitrogen and oxygen atoms in total. The van der Waals surface area contributed by atoms with E-state index in [9.17, 15) is 8.78 Å². The molecule has 2 aromatic carbocycles. The van der Waals surface area contributed by atoms with E-state index in [1.54, 1.807) is 24.3 Å². The lowest BCUT2D eigenvalue weighted by atomic mass is 10.2. The van der Waals surface area contributed by atoms with Crippen LogP contribution in [-0.2, 0) is 6.54 Å². The van der Waals surface area contributed by atoms with Crippen molar-refractivity contribution in [3.63, 3.8) is 0 Å². The van der Waals surface area contributed by atoms with Crippen LogP contribution in [0.15, 0.2) is 42.5 Å². The summed E-state index contributed by atoms with van der Waals surface area (Å²) in [6.07, 6.45) is 0. The molecular weight excluding hydrogens is 244 g/mol. The summed E-state index contributed by atoms with van der Waals surface area (Å²) >= 11 is 5.65. The zero-order valence-electron chi connectivity index (χ0n) is 8.88. The van der Waals surface area contributed by atoms with Gasteiger partial charge >= 0.3 is 0 Å². The van der Waals surface area contributed by atoms with Crippen molar-refractivity contribution in [2.75, 3.05) is 5.32 Å². The number of hydrogen-bond acceptors (Lipinski definition) is 1. The molecule has 0 bridgehead atoms. The SMILES string of the molecule is Fc1ccc(CNc2cccc(Cl)c2F)cc1. The molecule has 0 radical (unpaired) electrons. The predicted molar refractivity (Wildman–Crippen MR) is 65.1 cm³/mol. The van der Waals surface area contributed by atoms with E-state index in [0.717, 1.165) is 5.56 Å². The second-order valence-electron chi connectivity index (χ2n) is 3.58. The quantitative estimate of drug-likeness (QED) is 0.863. The fourth-order valence-electron chi connectivity index (χ4n) is 1.44. The van der Waals surface area contributed by atoms with Crippen LogP contribution in [0.5, 0.6) is 0 Å². The Morgan fingerprint density at radius 1 is 1.00 bits per heavy atom. The molecule has 0 atom stereocenters. The first-order valence-electron chi connectivity index (χ1n) is 5.09. The van der Waals surface area contributed by atoms with Gasteiger partial charge in [-0.3, -0.25) is 0 Å². The topological polar surface area (TPSA) is 12.0 Å². The molecule has 4 heteroatoms. The van der Waals surface area contributed by atoms with Crippen molar-refractivity contribution in [2.24, 2.45) is 0 Å². The third kappa shape index (κ3) is 2.94. The highest BCUT2D eigenvalue weighted by Gasteiger charge is 2.05. The van der Waals surface area contributed by atoms with E-state index in [1.165, 1.54) is 18.2 Å². The van der Waals surface area contributed by atoms with Crippen LogP contribution in [-0.4, -0.2) is 0 Å². The molecule has 0 spiro atoms. The van der Waals surface area contributed by atoms with Crippen LogP contribution in [0.1, 0.15) is 5.56 Å². The van der Waals surface area contributed by atoms with Crippen LogP contribution in [0.25, 0.3) is 0 Å². The Labute approximate surface area is 103 Å². The number of halogens is 3. The summed E-state index contributed by atoms with van der Waals surface area (Å²) in [4.78, 5) is 0. The normalized spacial score (nSPS) is 10.3. The molecule has 0 aliphatic rings. The Morgan fingerprint density at radius 3 is 2.41 bits per heavy atom. The summed E-state index contributed by atoms with van der Waals surface area (Å²) < 4.78 is 26.2. The van der Waals surface area contributed by atoms with Crippen molar-refractivity contribution < 1.29 is 8.78 Å². The first kappa shape index (κ1) is 11.9. The van der Waals surface area contributed by atoms with Crippen LogP contribution in [0.2, 0.25) is 5.02 Å². The maximum atomic E-state index is 13.5. The van der Waals surface area contributed by atoms with Gasteiger partial charge in [-0.05, 0) is 29.8 Å². The number of benzene rings is 2. The van der Waals surface area contributed by atoms with Gasteiger partial charge in [0.25, 0.3) is 0 Å². The number of nitrogens with one attached hydrogen (secondary N) is 1. The molecule has 0 aliphatic carbocycles. The minimum atomic E-state index is -0.476. The summed E-state index contributed by atoms with van der Waals surface area (Å²) in [5, 5.41) is 2.99. The summed E-state index contributed by atoms with van der Waals surface area (Å²) in [6.45, 7) is 0.414. The zero-order valence-corrected chi connectivity index (χ0v) is 9.64. The van der Waals surface area contributed by atoms with Crippen molar-refractivity contribution >= 4 is 17.3 Å². The number of rotatable bonds is 3. The highest BCUT2D eigenvalue weighted by molar-refractivity contribution is 6.31. The maximum absolute atomic E-state index is 13.5. The van der Waals surface area contributed by atoms with Gasteiger partial charge in [0, 0.05) is 6.54 Å². The van der Waals surface area contributed by atoms with E-state index in [0.29, 0.717) is 12.2 Å². The monoisotopic (exact) mass is 253 g/mol. The highest BCUT2D eigenvalue weighted by Crippen LogP contribution is 2.22. The minimum Gasteiger partial charge on any atom is -0.379 e. The first-order chi connectivity index (χ1) is 8.16. The van der Waals surface area contributed by atoms with Gasteiger partial charge in [-0.1, -0.05) is 29.8 Å². The first-order valence-corrected chi connectivity index (χ1v) is 5.47. The Hall–Kier alpha value is -1.61. The van der Waals surface area contributed by atoms with Gasteiger partial charge in [-0.2, -0.15) is 0 Å². The van der Waals surface area contributed by atoms with Crippen molar-refractivity contribution in [1.29, 1.82) is 0 Å². The van der Waals surface area contributed by atoms with Gasteiger partial charge in [-0.15, -0.1) is 0 Å². The van der Waals surface area contributed by atoms with E-state index >= 15 is 0 Å². The molecule has 17 heavy (non-hydrogen) atoms. The van der Waals surface area contributed by atoms with Crippen molar-refractivity contribution in [2.45, 2.75) is 6.54 Å². The third-order valence-corrected chi connectivity index (χ3v) is 2.64. The van der Waals surface area contributed by atoms with Crippen molar-refractivity contribution in [1.82, 2.24) is 0 Å². The zero-order chi connectivity index (χ0) is 12.3. The molecule has 88 valence electrons. The molecule has 0 aromatic heterocycles. The molecule has 2 rings (SSSR count). The molecule has 1 N–H and O–H groups in total. The van der Waals surface area contributed by atoms with Gasteiger partial charge in [-0.25, -0.2) is 8.78 Å². The Bertz CT molecular complexity index is 511. The van der Waals surface area contributed by atoms with E-state index in [1.807, 2.05) is 0 Å². The fraction of sp³-hybridized carbons (Fsp3) is 0.0769. The van der Waals surface area contributed by atoms with Crippen LogP contribution in [0.3, 0.4) is 0 Å². The lowest BCUT2D eigenvalue weighted by Gasteiger charge is -2.08. The van der Waals surface area contributed by atoms with Crippen molar-refractivity contribution in [3.05, 3.63) is 64.7 Å². The van der Waals surface area contributed by atoms with Crippen LogP contribution in [0.4, 0.5) is 14.5 Å². The van der Waals surface area contributed by atoms with Gasteiger partial charge in [0.05, 0.1) is 10.7 Å². The molecule has 0 aliphatic heterocycles. The largest absolute Gasteiger partial charge is 0.379 e. The summed E-state index contributed by atoms with van der Waals surface area (Å²) in [5.41, 5.74) is 1.20. The van der Waals surface area contributed by atoms with Crippen LogP contribution < -0.4 is 5.32 Å². The average molecular weight is 254 g/mol. The van der Waals surface area contributed by atoms with E-state index in [4.69, 9.17) is 11.6 Å². The van der Waals surface area contributed by atoms with Gasteiger partial charge in [0.2, 0.25) is 0 Å². The second-order valence-corrected chi connectivity index (χ2v) is 3.99. The highest BCUT2D eigenvalue weighted by atomic mass is 35.5. The third-order valence-electron chi connectivity index (χ3n) is 2.35. The van der Waals surface area contributed by atoms with E-state index in [2.05, 4.69) is 5.32 Å². The Balaban J connectivity index is 2.07. The van der Waals surface area contributed by atoms with E-state index < -0.39 is 5.82 Å². The Kier molecular flexibility index (Phi) is 3.59. The lowest BCUT2D eigenvalue weighted by Crippen LogP contribution is -2.01. The number of hydrogen-bond donors (Lipinski definition) is 1. The number of anilines is 1. The van der Waals surface area contributed by atoms with E-state index in [-0.39, 0.29) is 10.8 Å². The molecular formula is C13H10ClF2N. The molecule has 0 heterocycles. The van der Waals surface area contributed by atoms with Crippen molar-refractivity contribution in [3.8, 4) is 0 Å². The smallest absolute Gasteiger partial charge is 0.164 e. The summed E-state index contributed by atoms with van der Waals surface area (Å²) in [7, 11) is 0. The summed E-state index contributed by atoms with van der Waals surface area (Å²) in [5.74, 6) is -0.765. The molecule has 0 amide bonds. The fourth-order valence-corrected chi connectivity index (χ4v) is 1.61. The van der Waals surface area contributed by atoms with Gasteiger partial charge in [0.1, 0.15) is 5.82 Å². The molecule has 0 saturated heterocycles. The standard InChI is InChI=1S/C13H10ClF2N/c14-11-2-1-3-12(13(11)16)17-8-9-4-6-10(15)7-5-9/h1-7,17H,8H2. The average Bonchev–Trinajstić information content (AvgIpc) is 2.33. The minimum absolute atomic E-state index is 0.0779. The summed E-state index contributed by atoms with van der Waals surface area (Å²) in [6, 6.07) is 10.8. The van der Waals surface area contributed by atoms with Crippen LogP contribution >= 0.6 is 11.6 Å². The predicted octanol–water partition coefficient (Wildman–Crippen LogP) is 4.23. The lowest BCUT2D eigenvalue weighted by molar-refractivity contribution is 0.626. The van der Waals surface area contributed by atoms with Gasteiger partial charge in [0.15, 0.2) is 5.82 Å². The van der Waals surface area contributed by atoms with Crippen LogP contribution in [0, 0.1) is 11.6 Å². The molecule has 0 unspecified atom stereocenters. The molecule has 0 saturated carbocycles. The maximum Gasteiger partial charge on any atom is 0.164 e. The molecule has 2 aromatic rings.